The van der Waals surface area contributed by atoms with Crippen LogP contribution in [-0.4, -0.2) is 5.91 Å². The number of nitrogens with one attached hydrogen (secondary N) is 1. The van der Waals surface area contributed by atoms with Crippen molar-refractivity contribution in [2.75, 3.05) is 0 Å². The molecule has 1 amide bonds. The molecular formula is C15H14N2OS. The molecule has 3 nitrogen and oxygen atoms in total. The van der Waals surface area contributed by atoms with Crippen molar-refractivity contribution in [1.82, 2.24) is 5.32 Å². The van der Waals surface area contributed by atoms with E-state index >= 15 is 0 Å². The molecule has 0 unspecified atom stereocenters. The molecule has 0 bridgehead atoms. The molecule has 96 valence electrons. The van der Waals surface area contributed by atoms with Crippen LogP contribution in [0, 0.1) is 11.3 Å². The van der Waals surface area contributed by atoms with Crippen LogP contribution in [0.4, 0.5) is 0 Å². The first kappa shape index (κ1) is 13.3. The standard InChI is InChI=1S/C15H14N2OS/c16-10-13-5-3-12(4-6-13)7-8-15(18)17-11-14-2-1-9-19-14/h1-6,9H,7-8,11H2,(H,17,18). The van der Waals surface area contributed by atoms with Gasteiger partial charge in [0.1, 0.15) is 0 Å². The summed E-state index contributed by atoms with van der Waals surface area (Å²) in [5.41, 5.74) is 1.72. The molecule has 0 fully saturated rings. The van der Waals surface area contributed by atoms with Crippen LogP contribution in [-0.2, 0) is 17.8 Å². The minimum absolute atomic E-state index is 0.0535. The van der Waals surface area contributed by atoms with E-state index < -0.39 is 0 Å². The molecule has 2 aromatic rings. The first-order valence-electron chi connectivity index (χ1n) is 6.06. The van der Waals surface area contributed by atoms with Crippen LogP contribution in [0.5, 0.6) is 0 Å². The van der Waals surface area contributed by atoms with Crippen molar-refractivity contribution in [2.24, 2.45) is 0 Å². The molecule has 4 heteroatoms. The minimum Gasteiger partial charge on any atom is -0.351 e. The zero-order chi connectivity index (χ0) is 13.5. The molecule has 0 spiro atoms. The molecule has 1 N–H and O–H groups in total. The lowest BCUT2D eigenvalue weighted by molar-refractivity contribution is -0.121. The van der Waals surface area contributed by atoms with E-state index in [4.69, 9.17) is 5.26 Å². The number of amides is 1. The summed E-state index contributed by atoms with van der Waals surface area (Å²) in [6.07, 6.45) is 1.17. The van der Waals surface area contributed by atoms with E-state index in [-0.39, 0.29) is 5.91 Å². The summed E-state index contributed by atoms with van der Waals surface area (Å²) in [5, 5.41) is 13.6. The number of hydrogen-bond donors (Lipinski definition) is 1. The van der Waals surface area contributed by atoms with E-state index in [0.29, 0.717) is 24.9 Å². The van der Waals surface area contributed by atoms with Crippen molar-refractivity contribution >= 4 is 17.2 Å². The van der Waals surface area contributed by atoms with Gasteiger partial charge in [-0.2, -0.15) is 5.26 Å². The SMILES string of the molecule is N#Cc1ccc(CCC(=O)NCc2cccs2)cc1. The zero-order valence-corrected chi connectivity index (χ0v) is 11.2. The first-order chi connectivity index (χ1) is 9.28. The molecule has 1 heterocycles. The average molecular weight is 270 g/mol. The number of benzene rings is 1. The van der Waals surface area contributed by atoms with Crippen LogP contribution in [0.2, 0.25) is 0 Å². The maximum Gasteiger partial charge on any atom is 0.220 e. The molecule has 0 saturated heterocycles. The van der Waals surface area contributed by atoms with Crippen LogP contribution < -0.4 is 5.32 Å². The maximum absolute atomic E-state index is 11.7. The number of rotatable bonds is 5. The number of nitrogens with zero attached hydrogens (tertiary/aromatic N) is 1. The van der Waals surface area contributed by atoms with Crippen molar-refractivity contribution < 1.29 is 4.79 Å². The molecule has 1 aromatic heterocycles. The van der Waals surface area contributed by atoms with E-state index in [1.54, 1.807) is 23.5 Å². The summed E-state index contributed by atoms with van der Waals surface area (Å²) in [6, 6.07) is 13.4. The Hall–Kier alpha value is -2.12. The monoisotopic (exact) mass is 270 g/mol. The van der Waals surface area contributed by atoms with Gasteiger partial charge in [0, 0.05) is 11.3 Å². The molecule has 0 aliphatic carbocycles. The van der Waals surface area contributed by atoms with Gasteiger partial charge in [0.15, 0.2) is 0 Å². The van der Waals surface area contributed by atoms with Gasteiger partial charge in [0.25, 0.3) is 0 Å². The number of carbonyl (C=O) groups excluding carboxylic acids is 1. The molecule has 0 radical (unpaired) electrons. The molecule has 0 aliphatic heterocycles. The Balaban J connectivity index is 1.75. The average Bonchev–Trinajstić information content (AvgIpc) is 2.96. The molecule has 19 heavy (non-hydrogen) atoms. The largest absolute Gasteiger partial charge is 0.351 e. The van der Waals surface area contributed by atoms with Crippen LogP contribution in [0.25, 0.3) is 0 Å². The van der Waals surface area contributed by atoms with Gasteiger partial charge in [0.2, 0.25) is 5.91 Å². The fourth-order valence-corrected chi connectivity index (χ4v) is 2.34. The van der Waals surface area contributed by atoms with E-state index in [1.807, 2.05) is 29.6 Å². The van der Waals surface area contributed by atoms with Crippen molar-refractivity contribution in [1.29, 1.82) is 5.26 Å². The van der Waals surface area contributed by atoms with Crippen molar-refractivity contribution in [3.8, 4) is 6.07 Å². The topological polar surface area (TPSA) is 52.9 Å². The highest BCUT2D eigenvalue weighted by Gasteiger charge is 2.03. The lowest BCUT2D eigenvalue weighted by atomic mass is 10.1. The van der Waals surface area contributed by atoms with E-state index in [9.17, 15) is 4.79 Å². The summed E-state index contributed by atoms with van der Waals surface area (Å²) in [4.78, 5) is 12.8. The van der Waals surface area contributed by atoms with Gasteiger partial charge in [-0.3, -0.25) is 4.79 Å². The highest BCUT2D eigenvalue weighted by atomic mass is 32.1. The van der Waals surface area contributed by atoms with Gasteiger partial charge in [0.05, 0.1) is 18.2 Å². The molecule has 0 saturated carbocycles. The molecular weight excluding hydrogens is 256 g/mol. The lowest BCUT2D eigenvalue weighted by Gasteiger charge is -2.04. The van der Waals surface area contributed by atoms with Crippen molar-refractivity contribution in [2.45, 2.75) is 19.4 Å². The molecule has 0 aliphatic rings. The van der Waals surface area contributed by atoms with Crippen molar-refractivity contribution in [3.05, 3.63) is 57.8 Å². The quantitative estimate of drug-likeness (QED) is 0.908. The fraction of sp³-hybridized carbons (Fsp3) is 0.200. The number of carbonyl (C=O) groups is 1. The van der Waals surface area contributed by atoms with E-state index in [0.717, 1.165) is 10.4 Å². The Bertz CT molecular complexity index is 567. The second kappa shape index (κ2) is 6.72. The van der Waals surface area contributed by atoms with E-state index in [1.165, 1.54) is 0 Å². The normalized spacial score (nSPS) is 9.84. The van der Waals surface area contributed by atoms with Crippen LogP contribution in [0.1, 0.15) is 22.4 Å². The molecule has 1 aromatic carbocycles. The summed E-state index contributed by atoms with van der Waals surface area (Å²) >= 11 is 1.64. The van der Waals surface area contributed by atoms with Gasteiger partial charge in [-0.1, -0.05) is 18.2 Å². The Morgan fingerprint density at radius 2 is 2.05 bits per heavy atom. The third-order valence-corrected chi connectivity index (χ3v) is 3.64. The Morgan fingerprint density at radius 3 is 2.68 bits per heavy atom. The Kier molecular flexibility index (Phi) is 4.71. The third-order valence-electron chi connectivity index (χ3n) is 2.76. The number of nitriles is 1. The van der Waals surface area contributed by atoms with Gasteiger partial charge in [-0.15, -0.1) is 11.3 Å². The second-order valence-corrected chi connectivity index (χ2v) is 5.20. The predicted molar refractivity (Wildman–Crippen MR) is 75.6 cm³/mol. The number of thiophene rings is 1. The summed E-state index contributed by atoms with van der Waals surface area (Å²) in [6.45, 7) is 0.601. The van der Waals surface area contributed by atoms with Gasteiger partial charge in [-0.25, -0.2) is 0 Å². The Morgan fingerprint density at radius 1 is 1.26 bits per heavy atom. The predicted octanol–water partition coefficient (Wildman–Crippen LogP) is 2.87. The zero-order valence-electron chi connectivity index (χ0n) is 10.4. The smallest absolute Gasteiger partial charge is 0.220 e. The highest BCUT2D eigenvalue weighted by molar-refractivity contribution is 7.09. The van der Waals surface area contributed by atoms with Gasteiger partial charge < -0.3 is 5.32 Å². The highest BCUT2D eigenvalue weighted by Crippen LogP contribution is 2.08. The third kappa shape index (κ3) is 4.23. The van der Waals surface area contributed by atoms with Gasteiger partial charge in [-0.05, 0) is 35.6 Å². The summed E-state index contributed by atoms with van der Waals surface area (Å²) in [5.74, 6) is 0.0535. The van der Waals surface area contributed by atoms with Crippen LogP contribution in [0.15, 0.2) is 41.8 Å². The van der Waals surface area contributed by atoms with Gasteiger partial charge >= 0.3 is 0 Å². The summed E-state index contributed by atoms with van der Waals surface area (Å²) < 4.78 is 0. The van der Waals surface area contributed by atoms with E-state index in [2.05, 4.69) is 11.4 Å². The first-order valence-corrected chi connectivity index (χ1v) is 6.94. The maximum atomic E-state index is 11.7. The minimum atomic E-state index is 0.0535. The Labute approximate surface area is 116 Å². The fourth-order valence-electron chi connectivity index (χ4n) is 1.69. The molecule has 0 atom stereocenters. The van der Waals surface area contributed by atoms with Crippen molar-refractivity contribution in [3.63, 3.8) is 0 Å². The molecule has 2 rings (SSSR count). The summed E-state index contributed by atoms with van der Waals surface area (Å²) in [7, 11) is 0. The number of hydrogen-bond acceptors (Lipinski definition) is 3. The lowest BCUT2D eigenvalue weighted by Crippen LogP contribution is -2.22. The van der Waals surface area contributed by atoms with Crippen LogP contribution in [0.3, 0.4) is 0 Å². The van der Waals surface area contributed by atoms with Crippen LogP contribution >= 0.6 is 11.3 Å². The second-order valence-electron chi connectivity index (χ2n) is 4.16. The number of aryl methyl sites for hydroxylation is 1.